The number of ether oxygens (including phenoxy) is 1. The van der Waals surface area contributed by atoms with Crippen LogP contribution in [0.15, 0.2) is 24.3 Å². The van der Waals surface area contributed by atoms with E-state index in [2.05, 4.69) is 35.3 Å². The van der Waals surface area contributed by atoms with Crippen molar-refractivity contribution in [2.24, 2.45) is 0 Å². The summed E-state index contributed by atoms with van der Waals surface area (Å²) in [5, 5.41) is 3.58. The summed E-state index contributed by atoms with van der Waals surface area (Å²) in [6.07, 6.45) is 2.68. The van der Waals surface area contributed by atoms with Gasteiger partial charge in [-0.15, -0.1) is 0 Å². The van der Waals surface area contributed by atoms with Gasteiger partial charge in [0, 0.05) is 19.1 Å². The summed E-state index contributed by atoms with van der Waals surface area (Å²) in [4.78, 5) is 2.57. The normalized spacial score (nSPS) is 19.8. The van der Waals surface area contributed by atoms with Gasteiger partial charge in [-0.25, -0.2) is 0 Å². The van der Waals surface area contributed by atoms with Crippen LogP contribution in [0.2, 0.25) is 0 Å². The Morgan fingerprint density at radius 2 is 2.26 bits per heavy atom. The number of rotatable bonds is 7. The second-order valence-corrected chi connectivity index (χ2v) is 5.14. The Morgan fingerprint density at radius 1 is 1.37 bits per heavy atom. The van der Waals surface area contributed by atoms with Gasteiger partial charge in [0.2, 0.25) is 0 Å². The van der Waals surface area contributed by atoms with E-state index in [4.69, 9.17) is 4.74 Å². The molecule has 1 saturated heterocycles. The van der Waals surface area contributed by atoms with Crippen molar-refractivity contribution in [3.05, 3.63) is 29.8 Å². The molecule has 0 bridgehead atoms. The lowest BCUT2D eigenvalue weighted by atomic mass is 10.2. The molecule has 1 atom stereocenters. The maximum atomic E-state index is 5.52. The molecule has 0 radical (unpaired) electrons. The zero-order valence-corrected chi connectivity index (χ0v) is 12.2. The molecule has 1 aromatic carbocycles. The van der Waals surface area contributed by atoms with Crippen LogP contribution in [0, 0.1) is 0 Å². The molecule has 1 aliphatic rings. The maximum absolute atomic E-state index is 5.52. The molecular formula is C16H26N2O. The standard InChI is InChI=1S/C16H26N2O/c1-3-18-10-6-8-15(18)13-17-12-14-7-5-9-16(11-14)19-4-2/h5,7,9,11,15,17H,3-4,6,8,10,12-13H2,1-2H3/t15-/m0/s1. The number of hydrogen-bond acceptors (Lipinski definition) is 3. The number of nitrogens with one attached hydrogen (secondary N) is 1. The van der Waals surface area contributed by atoms with Gasteiger partial charge < -0.3 is 10.1 Å². The van der Waals surface area contributed by atoms with E-state index in [1.807, 2.05) is 13.0 Å². The molecule has 0 amide bonds. The van der Waals surface area contributed by atoms with Crippen LogP contribution in [0.1, 0.15) is 32.3 Å². The molecule has 2 rings (SSSR count). The van der Waals surface area contributed by atoms with E-state index < -0.39 is 0 Å². The molecule has 3 heteroatoms. The monoisotopic (exact) mass is 262 g/mol. The van der Waals surface area contributed by atoms with Crippen LogP contribution in [0.4, 0.5) is 0 Å². The van der Waals surface area contributed by atoms with E-state index in [0.29, 0.717) is 0 Å². The van der Waals surface area contributed by atoms with E-state index in [1.54, 1.807) is 0 Å². The second-order valence-electron chi connectivity index (χ2n) is 5.14. The molecule has 19 heavy (non-hydrogen) atoms. The summed E-state index contributed by atoms with van der Waals surface area (Å²) >= 11 is 0. The third-order valence-electron chi connectivity index (χ3n) is 3.82. The predicted molar refractivity (Wildman–Crippen MR) is 79.6 cm³/mol. The van der Waals surface area contributed by atoms with Crippen LogP contribution in [-0.2, 0) is 6.54 Å². The van der Waals surface area contributed by atoms with Gasteiger partial charge in [0.1, 0.15) is 5.75 Å². The molecule has 1 heterocycles. The number of benzene rings is 1. The molecule has 106 valence electrons. The van der Waals surface area contributed by atoms with Crippen LogP contribution in [0.25, 0.3) is 0 Å². The van der Waals surface area contributed by atoms with Crippen LogP contribution in [-0.4, -0.2) is 37.2 Å². The van der Waals surface area contributed by atoms with Gasteiger partial charge in [-0.2, -0.15) is 0 Å². The van der Waals surface area contributed by atoms with Crippen molar-refractivity contribution in [3.63, 3.8) is 0 Å². The van der Waals surface area contributed by atoms with Crippen molar-refractivity contribution < 1.29 is 4.74 Å². The maximum Gasteiger partial charge on any atom is 0.119 e. The topological polar surface area (TPSA) is 24.5 Å². The molecule has 1 aromatic rings. The van der Waals surface area contributed by atoms with Gasteiger partial charge in [-0.3, -0.25) is 4.90 Å². The average molecular weight is 262 g/mol. The Morgan fingerprint density at radius 3 is 3.05 bits per heavy atom. The van der Waals surface area contributed by atoms with Gasteiger partial charge in [-0.05, 0) is 50.6 Å². The third-order valence-corrected chi connectivity index (χ3v) is 3.82. The number of likely N-dealkylation sites (tertiary alicyclic amines) is 1. The highest BCUT2D eigenvalue weighted by atomic mass is 16.5. The molecule has 0 saturated carbocycles. The summed E-state index contributed by atoms with van der Waals surface area (Å²) in [6, 6.07) is 9.09. The first-order valence-corrected chi connectivity index (χ1v) is 7.50. The molecule has 0 unspecified atom stereocenters. The average Bonchev–Trinajstić information content (AvgIpc) is 2.87. The van der Waals surface area contributed by atoms with Crippen LogP contribution in [0.5, 0.6) is 5.75 Å². The fraction of sp³-hybridized carbons (Fsp3) is 0.625. The largest absolute Gasteiger partial charge is 0.494 e. The minimum absolute atomic E-state index is 0.722. The minimum atomic E-state index is 0.722. The SMILES string of the molecule is CCOc1cccc(CNC[C@@H]2CCCN2CC)c1. The predicted octanol–water partition coefficient (Wildman–Crippen LogP) is 2.66. The Bertz CT molecular complexity index is 381. The zero-order chi connectivity index (χ0) is 13.5. The highest BCUT2D eigenvalue weighted by Crippen LogP contribution is 2.16. The van der Waals surface area contributed by atoms with Gasteiger partial charge in [0.25, 0.3) is 0 Å². The van der Waals surface area contributed by atoms with Crippen molar-refractivity contribution >= 4 is 0 Å². The van der Waals surface area contributed by atoms with Gasteiger partial charge in [-0.1, -0.05) is 19.1 Å². The lowest BCUT2D eigenvalue weighted by Gasteiger charge is -2.23. The van der Waals surface area contributed by atoms with Crippen LogP contribution in [0.3, 0.4) is 0 Å². The van der Waals surface area contributed by atoms with Crippen molar-refractivity contribution in [3.8, 4) is 5.75 Å². The van der Waals surface area contributed by atoms with Crippen molar-refractivity contribution in [2.45, 2.75) is 39.3 Å². The quantitative estimate of drug-likeness (QED) is 0.817. The number of nitrogens with zero attached hydrogens (tertiary/aromatic N) is 1. The first-order valence-electron chi connectivity index (χ1n) is 7.50. The van der Waals surface area contributed by atoms with Crippen molar-refractivity contribution in [2.75, 3.05) is 26.2 Å². The van der Waals surface area contributed by atoms with Gasteiger partial charge >= 0.3 is 0 Å². The zero-order valence-electron chi connectivity index (χ0n) is 12.2. The second kappa shape index (κ2) is 7.51. The van der Waals surface area contributed by atoms with E-state index in [0.717, 1.165) is 31.5 Å². The smallest absolute Gasteiger partial charge is 0.119 e. The first kappa shape index (κ1) is 14.4. The van der Waals surface area contributed by atoms with E-state index in [9.17, 15) is 0 Å². The molecular weight excluding hydrogens is 236 g/mol. The third kappa shape index (κ3) is 4.22. The summed E-state index contributed by atoms with van der Waals surface area (Å²) in [7, 11) is 0. The van der Waals surface area contributed by atoms with E-state index in [-0.39, 0.29) is 0 Å². The lowest BCUT2D eigenvalue weighted by Crippen LogP contribution is -2.37. The molecule has 0 spiro atoms. The minimum Gasteiger partial charge on any atom is -0.494 e. The fourth-order valence-corrected chi connectivity index (χ4v) is 2.84. The van der Waals surface area contributed by atoms with Crippen molar-refractivity contribution in [1.82, 2.24) is 10.2 Å². The van der Waals surface area contributed by atoms with Gasteiger partial charge in [0.05, 0.1) is 6.61 Å². The molecule has 0 aliphatic carbocycles. The molecule has 3 nitrogen and oxygen atoms in total. The summed E-state index contributed by atoms with van der Waals surface area (Å²) in [5.41, 5.74) is 1.30. The summed E-state index contributed by atoms with van der Waals surface area (Å²) < 4.78 is 5.52. The van der Waals surface area contributed by atoms with E-state index >= 15 is 0 Å². The fourth-order valence-electron chi connectivity index (χ4n) is 2.84. The number of hydrogen-bond donors (Lipinski definition) is 1. The molecule has 1 N–H and O–H groups in total. The van der Waals surface area contributed by atoms with Crippen molar-refractivity contribution in [1.29, 1.82) is 0 Å². The van der Waals surface area contributed by atoms with Gasteiger partial charge in [0.15, 0.2) is 0 Å². The Labute approximate surface area is 116 Å². The highest BCUT2D eigenvalue weighted by molar-refractivity contribution is 5.28. The lowest BCUT2D eigenvalue weighted by molar-refractivity contribution is 0.260. The Balaban J connectivity index is 1.77. The molecule has 1 aliphatic heterocycles. The summed E-state index contributed by atoms with van der Waals surface area (Å²) in [6.45, 7) is 9.45. The first-order chi connectivity index (χ1) is 9.33. The Hall–Kier alpha value is -1.06. The Kier molecular flexibility index (Phi) is 5.67. The molecule has 0 aromatic heterocycles. The van der Waals surface area contributed by atoms with E-state index in [1.165, 1.54) is 31.5 Å². The summed E-state index contributed by atoms with van der Waals surface area (Å²) in [5.74, 6) is 0.970. The van der Waals surface area contributed by atoms with Crippen LogP contribution >= 0.6 is 0 Å². The van der Waals surface area contributed by atoms with Crippen LogP contribution < -0.4 is 10.1 Å². The highest BCUT2D eigenvalue weighted by Gasteiger charge is 2.21. The molecule has 1 fully saturated rings. The number of likely N-dealkylation sites (N-methyl/N-ethyl adjacent to an activating group) is 1.